The highest BCUT2D eigenvalue weighted by atomic mass is 35.5. The minimum absolute atomic E-state index is 0.0593. The van der Waals surface area contributed by atoms with Gasteiger partial charge in [0.15, 0.2) is 0 Å². The average molecular weight is 552 g/mol. The van der Waals surface area contributed by atoms with Crippen molar-refractivity contribution in [1.29, 1.82) is 0 Å². The first-order valence-electron chi connectivity index (χ1n) is 13.0. The van der Waals surface area contributed by atoms with E-state index in [0.29, 0.717) is 31.2 Å². The van der Waals surface area contributed by atoms with Crippen molar-refractivity contribution in [2.75, 3.05) is 45.9 Å². The minimum Gasteiger partial charge on any atom is -0.379 e. The van der Waals surface area contributed by atoms with Gasteiger partial charge in [0.25, 0.3) is 11.8 Å². The van der Waals surface area contributed by atoms with Gasteiger partial charge in [-0.1, -0.05) is 35.9 Å². The third-order valence-corrected chi connectivity index (χ3v) is 7.42. The number of rotatable bonds is 8. The molecule has 3 heterocycles. The van der Waals surface area contributed by atoms with Crippen LogP contribution in [0, 0.1) is 5.82 Å². The molecule has 5 rings (SSSR count). The second-order valence-corrected chi connectivity index (χ2v) is 10.2. The fourth-order valence-electron chi connectivity index (χ4n) is 4.98. The average Bonchev–Trinajstić information content (AvgIpc) is 3.58. The molecular weight excluding hydrogens is 521 g/mol. The van der Waals surface area contributed by atoms with E-state index in [9.17, 15) is 14.0 Å². The van der Waals surface area contributed by atoms with Gasteiger partial charge in [0.1, 0.15) is 12.4 Å². The molecule has 0 unspecified atom stereocenters. The Morgan fingerprint density at radius 3 is 2.51 bits per heavy atom. The van der Waals surface area contributed by atoms with Crippen molar-refractivity contribution >= 4 is 29.1 Å². The maximum atomic E-state index is 14.6. The molecule has 1 saturated heterocycles. The number of carbonyl (C=O) groups is 2. The van der Waals surface area contributed by atoms with E-state index in [1.165, 1.54) is 28.1 Å². The van der Waals surface area contributed by atoms with Gasteiger partial charge < -0.3 is 14.2 Å². The summed E-state index contributed by atoms with van der Waals surface area (Å²) in [6, 6.07) is 16.7. The zero-order chi connectivity index (χ0) is 27.4. The van der Waals surface area contributed by atoms with Crippen LogP contribution in [0.1, 0.15) is 34.1 Å². The lowest BCUT2D eigenvalue weighted by atomic mass is 10.0. The number of halogens is 2. The number of aryl methyl sites for hydroxylation is 1. The van der Waals surface area contributed by atoms with Crippen LogP contribution >= 0.6 is 11.6 Å². The summed E-state index contributed by atoms with van der Waals surface area (Å²) in [5, 5.41) is 6.79. The normalized spacial score (nSPS) is 17.8. The van der Waals surface area contributed by atoms with Crippen LogP contribution in [0.25, 0.3) is 0 Å². The second kappa shape index (κ2) is 12.1. The standard InChI is InChI=1S/C29H31ClFN5O3/c1-33-12-4-7-26(33)25-19-27(21-8-10-22(30)11-9-21)36(32-25)28(37)20-35(14-13-34-15-17-39-18-16-34)29(38)23-5-2-3-6-24(23)31/h2-12,27H,13-20H2,1H3/t27-/m0/s1. The van der Waals surface area contributed by atoms with E-state index in [1.807, 2.05) is 42.1 Å². The van der Waals surface area contributed by atoms with Crippen LogP contribution in [-0.4, -0.2) is 82.8 Å². The largest absolute Gasteiger partial charge is 0.379 e. The summed E-state index contributed by atoms with van der Waals surface area (Å²) in [4.78, 5) is 30.9. The van der Waals surface area contributed by atoms with Crippen molar-refractivity contribution in [3.05, 3.63) is 94.5 Å². The van der Waals surface area contributed by atoms with Gasteiger partial charge in [-0.25, -0.2) is 9.40 Å². The number of aromatic nitrogens is 1. The van der Waals surface area contributed by atoms with Gasteiger partial charge in [0, 0.05) is 50.9 Å². The molecule has 0 radical (unpaired) electrons. The fourth-order valence-corrected chi connectivity index (χ4v) is 5.11. The fraction of sp³-hybridized carbons (Fsp3) is 0.345. The summed E-state index contributed by atoms with van der Waals surface area (Å²) in [7, 11) is 1.93. The summed E-state index contributed by atoms with van der Waals surface area (Å²) in [5.41, 5.74) is 2.52. The Balaban J connectivity index is 1.41. The smallest absolute Gasteiger partial charge is 0.262 e. The lowest BCUT2D eigenvalue weighted by molar-refractivity contribution is -0.133. The number of benzene rings is 2. The highest BCUT2D eigenvalue weighted by Gasteiger charge is 2.35. The topological polar surface area (TPSA) is 70.4 Å². The molecule has 39 heavy (non-hydrogen) atoms. The quantitative estimate of drug-likeness (QED) is 0.425. The number of carbonyl (C=O) groups excluding carboxylic acids is 2. The molecule has 2 aliphatic rings. The third kappa shape index (κ3) is 6.21. The highest BCUT2D eigenvalue weighted by molar-refractivity contribution is 6.30. The van der Waals surface area contributed by atoms with E-state index < -0.39 is 11.7 Å². The van der Waals surface area contributed by atoms with Gasteiger partial charge in [-0.15, -0.1) is 0 Å². The van der Waals surface area contributed by atoms with E-state index in [-0.39, 0.29) is 30.6 Å². The molecule has 3 aromatic rings. The molecule has 1 atom stereocenters. The molecule has 0 spiro atoms. The van der Waals surface area contributed by atoms with Crippen LogP contribution in [-0.2, 0) is 16.6 Å². The molecule has 204 valence electrons. The first-order valence-corrected chi connectivity index (χ1v) is 13.4. The molecule has 1 aromatic heterocycles. The molecule has 2 aromatic carbocycles. The first kappa shape index (κ1) is 27.1. The summed E-state index contributed by atoms with van der Waals surface area (Å²) in [6.45, 7) is 3.31. The number of morpholine rings is 1. The van der Waals surface area contributed by atoms with Crippen molar-refractivity contribution < 1.29 is 18.7 Å². The zero-order valence-electron chi connectivity index (χ0n) is 21.8. The molecule has 10 heteroatoms. The van der Waals surface area contributed by atoms with E-state index in [1.54, 1.807) is 18.2 Å². The summed E-state index contributed by atoms with van der Waals surface area (Å²) < 4.78 is 22.0. The number of hydrazone groups is 1. The molecule has 1 fully saturated rings. The van der Waals surface area contributed by atoms with E-state index >= 15 is 0 Å². The van der Waals surface area contributed by atoms with Gasteiger partial charge in [0.2, 0.25) is 0 Å². The molecule has 0 aliphatic carbocycles. The predicted octanol–water partition coefficient (Wildman–Crippen LogP) is 3.97. The first-order chi connectivity index (χ1) is 18.9. The SMILES string of the molecule is Cn1cccc1C1=NN(C(=O)CN(CCN2CCOCC2)C(=O)c2ccccc2F)[C@H](c2ccc(Cl)cc2)C1. The summed E-state index contributed by atoms with van der Waals surface area (Å²) >= 11 is 6.12. The van der Waals surface area contributed by atoms with Crippen LogP contribution in [0.3, 0.4) is 0 Å². The van der Waals surface area contributed by atoms with Crippen LogP contribution in [0.5, 0.6) is 0 Å². The van der Waals surface area contributed by atoms with E-state index in [0.717, 1.165) is 30.1 Å². The monoisotopic (exact) mass is 551 g/mol. The lowest BCUT2D eigenvalue weighted by Gasteiger charge is -2.31. The Hall–Kier alpha value is -3.53. The van der Waals surface area contributed by atoms with Crippen molar-refractivity contribution in [3.63, 3.8) is 0 Å². The van der Waals surface area contributed by atoms with Gasteiger partial charge in [-0.3, -0.25) is 14.5 Å². The molecule has 0 saturated carbocycles. The number of nitrogens with zero attached hydrogens (tertiary/aromatic N) is 5. The van der Waals surface area contributed by atoms with Crippen molar-refractivity contribution in [2.24, 2.45) is 12.1 Å². The number of hydrogen-bond donors (Lipinski definition) is 0. The highest BCUT2D eigenvalue weighted by Crippen LogP contribution is 2.33. The zero-order valence-corrected chi connectivity index (χ0v) is 22.6. The lowest BCUT2D eigenvalue weighted by Crippen LogP contribution is -2.46. The molecule has 0 bridgehead atoms. The minimum atomic E-state index is -0.615. The Morgan fingerprint density at radius 2 is 1.82 bits per heavy atom. The number of hydrogen-bond acceptors (Lipinski definition) is 5. The Morgan fingerprint density at radius 1 is 1.08 bits per heavy atom. The van der Waals surface area contributed by atoms with Crippen LogP contribution in [0.4, 0.5) is 4.39 Å². The maximum Gasteiger partial charge on any atom is 0.262 e. The Labute approximate surface area is 232 Å². The number of ether oxygens (including phenoxy) is 1. The van der Waals surface area contributed by atoms with E-state index in [2.05, 4.69) is 4.90 Å². The van der Waals surface area contributed by atoms with Crippen LogP contribution in [0.15, 0.2) is 72.0 Å². The molecule has 2 aliphatic heterocycles. The molecule has 8 nitrogen and oxygen atoms in total. The molecule has 2 amide bonds. The van der Waals surface area contributed by atoms with Gasteiger partial charge in [-0.05, 0) is 42.0 Å². The van der Waals surface area contributed by atoms with Crippen LogP contribution in [0.2, 0.25) is 5.02 Å². The second-order valence-electron chi connectivity index (χ2n) is 9.72. The Kier molecular flexibility index (Phi) is 8.40. The van der Waals surface area contributed by atoms with Gasteiger partial charge in [-0.2, -0.15) is 5.10 Å². The van der Waals surface area contributed by atoms with Crippen molar-refractivity contribution in [1.82, 2.24) is 19.4 Å². The summed E-state index contributed by atoms with van der Waals surface area (Å²) in [5.74, 6) is -1.48. The van der Waals surface area contributed by atoms with Crippen molar-refractivity contribution in [3.8, 4) is 0 Å². The van der Waals surface area contributed by atoms with E-state index in [4.69, 9.17) is 21.4 Å². The van der Waals surface area contributed by atoms with Crippen LogP contribution < -0.4 is 0 Å². The van der Waals surface area contributed by atoms with Gasteiger partial charge in [0.05, 0.1) is 36.2 Å². The predicted molar refractivity (Wildman–Crippen MR) is 147 cm³/mol. The maximum absolute atomic E-state index is 14.6. The van der Waals surface area contributed by atoms with Gasteiger partial charge >= 0.3 is 0 Å². The van der Waals surface area contributed by atoms with Crippen molar-refractivity contribution in [2.45, 2.75) is 12.5 Å². The number of amides is 2. The third-order valence-electron chi connectivity index (χ3n) is 7.17. The molecule has 0 N–H and O–H groups in total. The molecular formula is C29H31ClFN5O3. The summed E-state index contributed by atoms with van der Waals surface area (Å²) in [6.07, 6.45) is 2.44. The Bertz CT molecular complexity index is 1350.